The number of carbonyl (C=O) groups excluding carboxylic acids is 1. The number of halogens is 3. The molecule has 10 heteroatoms. The number of pyridine rings is 1. The molecular formula is C42H42Cl2FN3O4. The van der Waals surface area contributed by atoms with Gasteiger partial charge in [0.1, 0.15) is 30.2 Å². The number of aromatic nitrogens is 1. The zero-order chi connectivity index (χ0) is 35.6. The highest BCUT2D eigenvalue weighted by Crippen LogP contribution is 2.36. The van der Waals surface area contributed by atoms with Gasteiger partial charge in [-0.3, -0.25) is 9.69 Å². The summed E-state index contributed by atoms with van der Waals surface area (Å²) in [6.45, 7) is 8.86. The molecule has 52 heavy (non-hydrogen) atoms. The molecule has 0 bridgehead atoms. The fraction of sp³-hybridized carbons (Fsp3) is 0.238. The first kappa shape index (κ1) is 38.3. The maximum atomic E-state index is 13.9. The van der Waals surface area contributed by atoms with Crippen LogP contribution in [0.5, 0.6) is 23.1 Å². The van der Waals surface area contributed by atoms with Crippen molar-refractivity contribution in [1.82, 2.24) is 14.8 Å². The number of hydrogen-bond donors (Lipinski definition) is 0. The van der Waals surface area contributed by atoms with Crippen LogP contribution in [0.2, 0.25) is 5.02 Å². The van der Waals surface area contributed by atoms with Gasteiger partial charge in [-0.05, 0) is 72.5 Å². The van der Waals surface area contributed by atoms with Gasteiger partial charge in [-0.25, -0.2) is 9.37 Å². The van der Waals surface area contributed by atoms with Crippen LogP contribution >= 0.6 is 24.0 Å². The number of nitrogens with zero attached hydrogens (tertiary/aromatic N) is 3. The first-order valence-corrected chi connectivity index (χ1v) is 17.4. The summed E-state index contributed by atoms with van der Waals surface area (Å²) in [6, 6.07) is 30.6. The Morgan fingerprint density at radius 1 is 0.865 bits per heavy atom. The van der Waals surface area contributed by atoms with Gasteiger partial charge in [0.05, 0.1) is 17.8 Å². The van der Waals surface area contributed by atoms with Crippen molar-refractivity contribution in [2.75, 3.05) is 32.8 Å². The molecular weight excluding hydrogens is 700 g/mol. The quantitative estimate of drug-likeness (QED) is 0.0831. The van der Waals surface area contributed by atoms with Crippen molar-refractivity contribution in [1.29, 1.82) is 0 Å². The average Bonchev–Trinajstić information content (AvgIpc) is 3.14. The molecule has 0 aliphatic carbocycles. The standard InChI is InChI=1S/C42H41ClFN3O4.ClH/c1-30-7-13-36(14-8-30)49-24-18-32-9-11-33(12-10-32)28-46-19-21-47(22-20-46)40(17-23-48)35-25-31(2)42(38(43)26-35)51-41-16-15-37(27-45-41)50-29-34-5-3-4-6-39(34)44;/h3-17,23,25-27H,18-22,24,28-29H2,1-2H3;1H/b40-17+;. The third-order valence-corrected chi connectivity index (χ3v) is 9.12. The first-order valence-electron chi connectivity index (χ1n) is 17.1. The van der Waals surface area contributed by atoms with Crippen molar-refractivity contribution in [2.45, 2.75) is 33.4 Å². The Morgan fingerprint density at radius 2 is 1.58 bits per heavy atom. The van der Waals surface area contributed by atoms with Gasteiger partial charge in [0, 0.05) is 62.5 Å². The lowest BCUT2D eigenvalue weighted by Gasteiger charge is -2.37. The predicted molar refractivity (Wildman–Crippen MR) is 206 cm³/mol. The second-order valence-corrected chi connectivity index (χ2v) is 13.0. The van der Waals surface area contributed by atoms with E-state index in [-0.39, 0.29) is 24.8 Å². The molecule has 4 aromatic carbocycles. The molecule has 1 saturated heterocycles. The zero-order valence-corrected chi connectivity index (χ0v) is 30.8. The molecule has 1 aromatic heterocycles. The second-order valence-electron chi connectivity index (χ2n) is 12.6. The van der Waals surface area contributed by atoms with Crippen LogP contribution in [-0.2, 0) is 24.4 Å². The third kappa shape index (κ3) is 10.3. The van der Waals surface area contributed by atoms with Gasteiger partial charge in [-0.1, -0.05) is 71.8 Å². The Kier molecular flexibility index (Phi) is 13.7. The maximum Gasteiger partial charge on any atom is 0.219 e. The molecule has 1 aliphatic rings. The highest BCUT2D eigenvalue weighted by atomic mass is 35.5. The number of allylic oxidation sites excluding steroid dienone is 1. The Morgan fingerprint density at radius 3 is 2.25 bits per heavy atom. The number of carbonyl (C=O) groups is 1. The molecule has 0 saturated carbocycles. The number of aldehydes is 1. The molecule has 0 radical (unpaired) electrons. The number of aryl methyl sites for hydroxylation is 2. The lowest BCUT2D eigenvalue weighted by molar-refractivity contribution is -0.104. The van der Waals surface area contributed by atoms with E-state index in [1.165, 1.54) is 29.0 Å². The molecule has 0 spiro atoms. The minimum Gasteiger partial charge on any atom is -0.493 e. The molecule has 0 unspecified atom stereocenters. The molecule has 5 aromatic rings. The van der Waals surface area contributed by atoms with Crippen molar-refractivity contribution < 1.29 is 23.4 Å². The third-order valence-electron chi connectivity index (χ3n) is 8.84. The van der Waals surface area contributed by atoms with Crippen LogP contribution in [-0.4, -0.2) is 53.9 Å². The number of benzene rings is 4. The first-order chi connectivity index (χ1) is 24.8. The monoisotopic (exact) mass is 741 g/mol. The van der Waals surface area contributed by atoms with Gasteiger partial charge < -0.3 is 19.1 Å². The summed E-state index contributed by atoms with van der Waals surface area (Å²) in [4.78, 5) is 20.8. The van der Waals surface area contributed by atoms with Crippen molar-refractivity contribution in [3.63, 3.8) is 0 Å². The van der Waals surface area contributed by atoms with Crippen LogP contribution in [0.1, 0.15) is 33.4 Å². The van der Waals surface area contributed by atoms with E-state index in [9.17, 15) is 9.18 Å². The number of ether oxygens (including phenoxy) is 3. The lowest BCUT2D eigenvalue weighted by atomic mass is 10.1. The largest absolute Gasteiger partial charge is 0.493 e. The molecule has 0 N–H and O–H groups in total. The number of hydrogen-bond acceptors (Lipinski definition) is 7. The molecule has 1 fully saturated rings. The van der Waals surface area contributed by atoms with Gasteiger partial charge in [-0.2, -0.15) is 0 Å². The van der Waals surface area contributed by atoms with Gasteiger partial charge in [0.2, 0.25) is 5.88 Å². The fourth-order valence-corrected chi connectivity index (χ4v) is 6.29. The Labute approximate surface area is 316 Å². The van der Waals surface area contributed by atoms with E-state index in [2.05, 4.69) is 58.1 Å². The minimum absolute atomic E-state index is 0. The van der Waals surface area contributed by atoms with Gasteiger partial charge >= 0.3 is 0 Å². The van der Waals surface area contributed by atoms with E-state index in [0.717, 1.165) is 68.0 Å². The summed E-state index contributed by atoms with van der Waals surface area (Å²) in [7, 11) is 0. The van der Waals surface area contributed by atoms with Crippen LogP contribution < -0.4 is 14.2 Å². The Hall–Kier alpha value is -4.89. The Balaban J connectivity index is 0.00000523. The normalized spacial score (nSPS) is 13.3. The van der Waals surface area contributed by atoms with Crippen LogP contribution in [0.3, 0.4) is 0 Å². The summed E-state index contributed by atoms with van der Waals surface area (Å²) in [5.74, 6) is 1.89. The molecule has 6 rings (SSSR count). The molecule has 2 heterocycles. The number of piperazine rings is 1. The number of rotatable bonds is 14. The van der Waals surface area contributed by atoms with E-state index in [1.807, 2.05) is 31.2 Å². The van der Waals surface area contributed by atoms with Crippen molar-refractivity contribution >= 4 is 36.0 Å². The molecule has 7 nitrogen and oxygen atoms in total. The lowest BCUT2D eigenvalue weighted by Crippen LogP contribution is -2.45. The van der Waals surface area contributed by atoms with E-state index in [0.29, 0.717) is 34.6 Å². The summed E-state index contributed by atoms with van der Waals surface area (Å²) in [6.07, 6.45) is 4.80. The zero-order valence-electron chi connectivity index (χ0n) is 29.3. The van der Waals surface area contributed by atoms with Crippen LogP contribution in [0, 0.1) is 19.7 Å². The molecule has 0 amide bonds. The summed E-state index contributed by atoms with van der Waals surface area (Å²) in [5.41, 5.74) is 6.68. The maximum absolute atomic E-state index is 13.9. The highest BCUT2D eigenvalue weighted by molar-refractivity contribution is 6.32. The van der Waals surface area contributed by atoms with Crippen LogP contribution in [0.4, 0.5) is 4.39 Å². The van der Waals surface area contributed by atoms with Gasteiger partial charge in [-0.15, -0.1) is 12.4 Å². The minimum atomic E-state index is -0.318. The van der Waals surface area contributed by atoms with E-state index < -0.39 is 0 Å². The highest BCUT2D eigenvalue weighted by Gasteiger charge is 2.22. The summed E-state index contributed by atoms with van der Waals surface area (Å²) < 4.78 is 31.6. The van der Waals surface area contributed by atoms with Crippen molar-refractivity contribution in [2.24, 2.45) is 0 Å². The van der Waals surface area contributed by atoms with Crippen LogP contribution in [0.25, 0.3) is 5.70 Å². The predicted octanol–water partition coefficient (Wildman–Crippen LogP) is 9.26. The Bertz CT molecular complexity index is 1920. The fourth-order valence-electron chi connectivity index (χ4n) is 5.99. The average molecular weight is 743 g/mol. The molecule has 270 valence electrons. The van der Waals surface area contributed by atoms with Gasteiger partial charge in [0.15, 0.2) is 5.75 Å². The topological polar surface area (TPSA) is 64.1 Å². The van der Waals surface area contributed by atoms with Crippen molar-refractivity contribution in [3.05, 3.63) is 154 Å². The summed E-state index contributed by atoms with van der Waals surface area (Å²) >= 11 is 6.75. The van der Waals surface area contributed by atoms with E-state index in [1.54, 1.807) is 36.4 Å². The molecule has 0 atom stereocenters. The SMILES string of the molecule is Cc1ccc(OCCc2ccc(CN3CCN(/C(=C/C=O)c4cc(C)c(Oc5ccc(OCc6ccccc6F)cn5)c(Cl)c4)CC3)cc2)cc1.Cl. The van der Waals surface area contributed by atoms with E-state index in [4.69, 9.17) is 25.8 Å². The van der Waals surface area contributed by atoms with E-state index >= 15 is 0 Å². The van der Waals surface area contributed by atoms with Gasteiger partial charge in [0.25, 0.3) is 0 Å². The smallest absolute Gasteiger partial charge is 0.219 e. The van der Waals surface area contributed by atoms with Crippen molar-refractivity contribution in [3.8, 4) is 23.1 Å². The molecule has 1 aliphatic heterocycles. The van der Waals surface area contributed by atoms with Crippen LogP contribution in [0.15, 0.2) is 109 Å². The summed E-state index contributed by atoms with van der Waals surface area (Å²) in [5, 5.41) is 0.410. The second kappa shape index (κ2) is 18.6.